The second kappa shape index (κ2) is 6.97. The molecule has 4 nitrogen and oxygen atoms in total. The van der Waals surface area contributed by atoms with E-state index in [4.69, 9.17) is 5.73 Å². The number of hydrogen-bond acceptors (Lipinski definition) is 3. The molecule has 1 saturated heterocycles. The number of piperazine rings is 1. The highest BCUT2D eigenvalue weighted by molar-refractivity contribution is 5.78. The molecule has 1 aliphatic heterocycles. The third-order valence-corrected chi connectivity index (χ3v) is 3.82. The molecule has 1 heterocycles. The molecule has 0 aromatic carbocycles. The Morgan fingerprint density at radius 3 is 2.76 bits per heavy atom. The predicted molar refractivity (Wildman–Crippen MR) is 70.7 cm³/mol. The van der Waals surface area contributed by atoms with Gasteiger partial charge in [-0.3, -0.25) is 9.69 Å². The van der Waals surface area contributed by atoms with Crippen LogP contribution in [-0.2, 0) is 4.79 Å². The largest absolute Gasteiger partial charge is 0.340 e. The molecule has 1 amide bonds. The first-order valence-corrected chi connectivity index (χ1v) is 6.79. The van der Waals surface area contributed by atoms with Crippen LogP contribution in [0.5, 0.6) is 0 Å². The molecule has 100 valence electrons. The molecule has 0 saturated carbocycles. The quantitative estimate of drug-likeness (QED) is 0.778. The monoisotopic (exact) mass is 241 g/mol. The topological polar surface area (TPSA) is 49.6 Å². The van der Waals surface area contributed by atoms with Crippen molar-refractivity contribution in [3.05, 3.63) is 0 Å². The molecule has 0 radical (unpaired) electrons. The first-order valence-electron chi connectivity index (χ1n) is 6.79. The summed E-state index contributed by atoms with van der Waals surface area (Å²) < 4.78 is 0. The number of hydrogen-bond donors (Lipinski definition) is 1. The number of likely N-dealkylation sites (N-methyl/N-ethyl adjacent to an activating group) is 1. The third-order valence-electron chi connectivity index (χ3n) is 3.82. The van der Waals surface area contributed by atoms with Crippen LogP contribution in [0, 0.1) is 5.92 Å². The second-order valence-electron chi connectivity index (χ2n) is 5.16. The molecule has 2 N–H and O–H groups in total. The lowest BCUT2D eigenvalue weighted by molar-refractivity contribution is -0.138. The number of carbonyl (C=O) groups excluding carboxylic acids is 1. The van der Waals surface area contributed by atoms with E-state index >= 15 is 0 Å². The molecular weight excluding hydrogens is 214 g/mol. The number of carbonyl (C=O) groups is 1. The molecule has 0 bridgehead atoms. The Labute approximate surface area is 105 Å². The van der Waals surface area contributed by atoms with Crippen molar-refractivity contribution in [2.45, 2.75) is 39.2 Å². The van der Waals surface area contributed by atoms with Crippen molar-refractivity contribution >= 4 is 5.91 Å². The van der Waals surface area contributed by atoms with Crippen molar-refractivity contribution in [1.82, 2.24) is 9.80 Å². The molecule has 0 aliphatic carbocycles. The van der Waals surface area contributed by atoms with Gasteiger partial charge in [-0.25, -0.2) is 0 Å². The van der Waals surface area contributed by atoms with Gasteiger partial charge in [-0.2, -0.15) is 0 Å². The summed E-state index contributed by atoms with van der Waals surface area (Å²) in [5, 5.41) is 0. The van der Waals surface area contributed by atoms with Crippen LogP contribution < -0.4 is 5.73 Å². The normalized spacial score (nSPS) is 23.8. The van der Waals surface area contributed by atoms with Crippen molar-refractivity contribution in [2.24, 2.45) is 11.7 Å². The van der Waals surface area contributed by atoms with E-state index in [0.717, 1.165) is 38.9 Å². The molecule has 0 aromatic rings. The van der Waals surface area contributed by atoms with Gasteiger partial charge < -0.3 is 10.6 Å². The van der Waals surface area contributed by atoms with E-state index in [1.54, 1.807) is 0 Å². The fourth-order valence-electron chi connectivity index (χ4n) is 2.45. The van der Waals surface area contributed by atoms with Gasteiger partial charge in [0, 0.05) is 31.6 Å². The lowest BCUT2D eigenvalue weighted by atomic mass is 10.0. The van der Waals surface area contributed by atoms with E-state index in [1.807, 2.05) is 11.8 Å². The van der Waals surface area contributed by atoms with Crippen molar-refractivity contribution in [3.8, 4) is 0 Å². The summed E-state index contributed by atoms with van der Waals surface area (Å²) in [5.74, 6) is 0.435. The predicted octanol–water partition coefficient (Wildman–Crippen LogP) is 0.914. The molecular formula is C13H27N3O. The summed E-state index contributed by atoms with van der Waals surface area (Å²) in [5.41, 5.74) is 5.49. The summed E-state index contributed by atoms with van der Waals surface area (Å²) in [6.07, 6.45) is 2.97. The van der Waals surface area contributed by atoms with Gasteiger partial charge in [0.05, 0.1) is 0 Å². The molecule has 2 unspecified atom stereocenters. The molecule has 0 spiro atoms. The Hall–Kier alpha value is -0.610. The summed E-state index contributed by atoms with van der Waals surface area (Å²) >= 11 is 0. The van der Waals surface area contributed by atoms with Crippen LogP contribution in [0.25, 0.3) is 0 Å². The standard InChI is InChI=1S/C13H27N3O/c1-4-12-10-16(9-8-15(12)3)13(17)11(2)6-5-7-14/h11-12H,4-10,14H2,1-3H3. The smallest absolute Gasteiger partial charge is 0.225 e. The SMILES string of the molecule is CCC1CN(C(=O)C(C)CCCN)CCN1C. The number of amides is 1. The van der Waals surface area contributed by atoms with E-state index in [9.17, 15) is 4.79 Å². The minimum atomic E-state index is 0.125. The van der Waals surface area contributed by atoms with Crippen molar-refractivity contribution < 1.29 is 4.79 Å². The van der Waals surface area contributed by atoms with E-state index < -0.39 is 0 Å². The van der Waals surface area contributed by atoms with E-state index in [1.165, 1.54) is 0 Å². The molecule has 0 aromatic heterocycles. The Bertz CT molecular complexity index is 245. The van der Waals surface area contributed by atoms with Crippen LogP contribution in [0.2, 0.25) is 0 Å². The maximum Gasteiger partial charge on any atom is 0.225 e. The average Bonchev–Trinajstić information content (AvgIpc) is 2.35. The van der Waals surface area contributed by atoms with Crippen molar-refractivity contribution in [2.75, 3.05) is 33.2 Å². The first kappa shape index (κ1) is 14.5. The summed E-state index contributed by atoms with van der Waals surface area (Å²) in [6.45, 7) is 7.65. The van der Waals surface area contributed by atoms with E-state index in [2.05, 4.69) is 18.9 Å². The third kappa shape index (κ3) is 3.96. The molecule has 1 rings (SSSR count). The Morgan fingerprint density at radius 1 is 1.47 bits per heavy atom. The fourth-order valence-corrected chi connectivity index (χ4v) is 2.45. The van der Waals surface area contributed by atoms with Crippen LogP contribution >= 0.6 is 0 Å². The van der Waals surface area contributed by atoms with Gasteiger partial charge in [-0.1, -0.05) is 13.8 Å². The van der Waals surface area contributed by atoms with Gasteiger partial charge in [-0.15, -0.1) is 0 Å². The van der Waals surface area contributed by atoms with Crippen LogP contribution in [0.4, 0.5) is 0 Å². The maximum atomic E-state index is 12.2. The first-order chi connectivity index (χ1) is 8.10. The lowest BCUT2D eigenvalue weighted by Crippen LogP contribution is -2.54. The van der Waals surface area contributed by atoms with Crippen LogP contribution in [0.3, 0.4) is 0 Å². The van der Waals surface area contributed by atoms with Crippen molar-refractivity contribution in [1.29, 1.82) is 0 Å². The van der Waals surface area contributed by atoms with Crippen LogP contribution in [0.15, 0.2) is 0 Å². The zero-order valence-electron chi connectivity index (χ0n) is 11.5. The number of nitrogens with zero attached hydrogens (tertiary/aromatic N) is 2. The summed E-state index contributed by atoms with van der Waals surface area (Å²) in [6, 6.07) is 0.523. The number of nitrogens with two attached hydrogens (primary N) is 1. The summed E-state index contributed by atoms with van der Waals surface area (Å²) in [4.78, 5) is 16.6. The molecule has 1 aliphatic rings. The van der Waals surface area contributed by atoms with Gasteiger partial charge >= 0.3 is 0 Å². The minimum Gasteiger partial charge on any atom is -0.340 e. The number of rotatable bonds is 5. The fraction of sp³-hybridized carbons (Fsp3) is 0.923. The van der Waals surface area contributed by atoms with Gasteiger partial charge in [0.15, 0.2) is 0 Å². The highest BCUT2D eigenvalue weighted by Crippen LogP contribution is 2.15. The molecule has 17 heavy (non-hydrogen) atoms. The van der Waals surface area contributed by atoms with E-state index in [0.29, 0.717) is 18.5 Å². The molecule has 1 fully saturated rings. The lowest BCUT2D eigenvalue weighted by Gasteiger charge is -2.40. The highest BCUT2D eigenvalue weighted by atomic mass is 16.2. The molecule has 4 heteroatoms. The zero-order chi connectivity index (χ0) is 12.8. The van der Waals surface area contributed by atoms with Gasteiger partial charge in [0.2, 0.25) is 5.91 Å². The Balaban J connectivity index is 2.46. The maximum absolute atomic E-state index is 12.2. The summed E-state index contributed by atoms with van der Waals surface area (Å²) in [7, 11) is 2.15. The highest BCUT2D eigenvalue weighted by Gasteiger charge is 2.28. The average molecular weight is 241 g/mol. The van der Waals surface area contributed by atoms with Crippen LogP contribution in [-0.4, -0.2) is 55.0 Å². The van der Waals surface area contributed by atoms with Gasteiger partial charge in [0.25, 0.3) is 0 Å². The van der Waals surface area contributed by atoms with Crippen LogP contribution in [0.1, 0.15) is 33.1 Å². The Kier molecular flexibility index (Phi) is 5.92. The Morgan fingerprint density at radius 2 is 2.18 bits per heavy atom. The van der Waals surface area contributed by atoms with Crippen molar-refractivity contribution in [3.63, 3.8) is 0 Å². The van der Waals surface area contributed by atoms with E-state index in [-0.39, 0.29) is 5.92 Å². The molecule has 2 atom stereocenters. The minimum absolute atomic E-state index is 0.125. The van der Waals surface area contributed by atoms with Gasteiger partial charge in [-0.05, 0) is 32.9 Å². The second-order valence-corrected chi connectivity index (χ2v) is 5.16. The zero-order valence-corrected chi connectivity index (χ0v) is 11.5. The van der Waals surface area contributed by atoms with Gasteiger partial charge in [0.1, 0.15) is 0 Å².